The van der Waals surface area contributed by atoms with Crippen LogP contribution in [-0.2, 0) is 28.9 Å². The van der Waals surface area contributed by atoms with E-state index in [1.165, 1.54) is 24.0 Å². The Bertz CT molecular complexity index is 884. The second kappa shape index (κ2) is 7.55. The van der Waals surface area contributed by atoms with Gasteiger partial charge in [0.25, 0.3) is 0 Å². The van der Waals surface area contributed by atoms with Gasteiger partial charge in [-0.05, 0) is 79.8 Å². The fourth-order valence-corrected chi connectivity index (χ4v) is 3.70. The monoisotopic (exact) mass is 362 g/mol. The third-order valence-electron chi connectivity index (χ3n) is 5.50. The van der Waals surface area contributed by atoms with Crippen molar-refractivity contribution < 1.29 is 9.59 Å². The first-order valence-corrected chi connectivity index (χ1v) is 9.90. The molecule has 0 atom stereocenters. The number of anilines is 2. The van der Waals surface area contributed by atoms with Gasteiger partial charge in [-0.25, -0.2) is 0 Å². The minimum absolute atomic E-state index is 0.0282. The highest BCUT2D eigenvalue weighted by molar-refractivity contribution is 5.96. The van der Waals surface area contributed by atoms with Crippen molar-refractivity contribution in [3.63, 3.8) is 0 Å². The van der Waals surface area contributed by atoms with E-state index in [-0.39, 0.29) is 17.7 Å². The van der Waals surface area contributed by atoms with E-state index >= 15 is 0 Å². The molecule has 0 aliphatic heterocycles. The van der Waals surface area contributed by atoms with Crippen molar-refractivity contribution in [2.45, 2.75) is 51.9 Å². The molecule has 2 N–H and O–H groups in total. The summed E-state index contributed by atoms with van der Waals surface area (Å²) in [6.45, 7) is 1.96. The molecule has 2 aliphatic rings. The minimum Gasteiger partial charge on any atom is -0.326 e. The average Bonchev–Trinajstić information content (AvgIpc) is 3.49. The molecule has 2 aliphatic carbocycles. The molecule has 0 unspecified atom stereocenters. The van der Waals surface area contributed by atoms with Gasteiger partial charge in [0.05, 0.1) is 6.42 Å². The van der Waals surface area contributed by atoms with Gasteiger partial charge in [0.15, 0.2) is 0 Å². The molecular formula is C23H26N2O2. The number of carbonyl (C=O) groups is 2. The van der Waals surface area contributed by atoms with Gasteiger partial charge < -0.3 is 10.6 Å². The summed E-state index contributed by atoms with van der Waals surface area (Å²) in [5, 5.41) is 5.95. The van der Waals surface area contributed by atoms with Crippen LogP contribution in [0.15, 0.2) is 36.4 Å². The second-order valence-corrected chi connectivity index (χ2v) is 7.83. The third-order valence-corrected chi connectivity index (χ3v) is 5.50. The van der Waals surface area contributed by atoms with Crippen LogP contribution in [0, 0.1) is 12.8 Å². The Morgan fingerprint density at radius 2 is 1.74 bits per heavy atom. The smallest absolute Gasteiger partial charge is 0.228 e. The molecule has 0 spiro atoms. The van der Waals surface area contributed by atoms with Crippen molar-refractivity contribution in [3.05, 3.63) is 58.7 Å². The molecule has 2 aromatic carbocycles. The van der Waals surface area contributed by atoms with Gasteiger partial charge in [-0.3, -0.25) is 9.59 Å². The summed E-state index contributed by atoms with van der Waals surface area (Å²) in [6.07, 6.45) is 7.09. The normalized spacial score (nSPS) is 15.7. The van der Waals surface area contributed by atoms with Crippen LogP contribution in [0.2, 0.25) is 0 Å². The summed E-state index contributed by atoms with van der Waals surface area (Å²) in [4.78, 5) is 24.5. The van der Waals surface area contributed by atoms with E-state index in [0.29, 0.717) is 6.42 Å². The summed E-state index contributed by atoms with van der Waals surface area (Å²) < 4.78 is 0. The maximum Gasteiger partial charge on any atom is 0.228 e. The van der Waals surface area contributed by atoms with E-state index in [1.54, 1.807) is 0 Å². The van der Waals surface area contributed by atoms with E-state index in [9.17, 15) is 9.59 Å². The van der Waals surface area contributed by atoms with Crippen molar-refractivity contribution in [3.8, 4) is 0 Å². The van der Waals surface area contributed by atoms with Gasteiger partial charge >= 0.3 is 0 Å². The summed E-state index contributed by atoms with van der Waals surface area (Å²) in [7, 11) is 0. The van der Waals surface area contributed by atoms with E-state index in [1.807, 2.05) is 25.1 Å². The van der Waals surface area contributed by atoms with Crippen LogP contribution in [0.5, 0.6) is 0 Å². The number of rotatable bonds is 5. The number of fused-ring (bicyclic) bond motifs is 1. The van der Waals surface area contributed by atoms with E-state index in [0.717, 1.165) is 48.2 Å². The molecule has 0 heterocycles. The molecule has 4 heteroatoms. The Morgan fingerprint density at radius 3 is 2.52 bits per heavy atom. The van der Waals surface area contributed by atoms with Crippen LogP contribution >= 0.6 is 0 Å². The molecule has 0 bridgehead atoms. The zero-order valence-corrected chi connectivity index (χ0v) is 15.8. The number of carbonyl (C=O) groups excluding carboxylic acids is 2. The Morgan fingerprint density at radius 1 is 0.963 bits per heavy atom. The fraction of sp³-hybridized carbons (Fsp3) is 0.391. The standard InChI is InChI=1S/C23H26N2O2/c1-15-6-11-20(24-23(27)18-9-10-18)14-21(15)25-22(26)13-16-7-8-17-4-2-3-5-19(17)12-16/h6-8,11-12,14,18H,2-5,9-10,13H2,1H3,(H,24,27)(H,25,26). The summed E-state index contributed by atoms with van der Waals surface area (Å²) in [5.74, 6) is 0.207. The predicted molar refractivity (Wildman–Crippen MR) is 108 cm³/mol. The van der Waals surface area contributed by atoms with Crippen molar-refractivity contribution >= 4 is 23.2 Å². The Hall–Kier alpha value is -2.62. The largest absolute Gasteiger partial charge is 0.326 e. The molecule has 4 nitrogen and oxygen atoms in total. The first kappa shape index (κ1) is 17.8. The molecule has 0 aromatic heterocycles. The SMILES string of the molecule is Cc1ccc(NC(=O)C2CC2)cc1NC(=O)Cc1ccc2c(c1)CCCC2. The number of hydrogen-bond acceptors (Lipinski definition) is 2. The first-order chi connectivity index (χ1) is 13.1. The maximum absolute atomic E-state index is 12.6. The van der Waals surface area contributed by atoms with Crippen LogP contribution in [0.25, 0.3) is 0 Å². The molecule has 2 aromatic rings. The average molecular weight is 362 g/mol. The lowest BCUT2D eigenvalue weighted by Crippen LogP contribution is -2.17. The molecule has 0 radical (unpaired) electrons. The molecule has 2 amide bonds. The Balaban J connectivity index is 1.42. The lowest BCUT2D eigenvalue weighted by molar-refractivity contribution is -0.117. The van der Waals surface area contributed by atoms with Crippen molar-refractivity contribution in [1.29, 1.82) is 0 Å². The number of aryl methyl sites for hydroxylation is 3. The van der Waals surface area contributed by atoms with E-state index in [2.05, 4.69) is 28.8 Å². The van der Waals surface area contributed by atoms with Crippen molar-refractivity contribution in [2.75, 3.05) is 10.6 Å². The molecule has 1 fully saturated rings. The summed E-state index contributed by atoms with van der Waals surface area (Å²) >= 11 is 0. The molecule has 4 rings (SSSR count). The van der Waals surface area contributed by atoms with E-state index in [4.69, 9.17) is 0 Å². The zero-order chi connectivity index (χ0) is 18.8. The molecule has 1 saturated carbocycles. The number of benzene rings is 2. The van der Waals surface area contributed by atoms with Gasteiger partial charge in [-0.2, -0.15) is 0 Å². The maximum atomic E-state index is 12.6. The number of nitrogens with one attached hydrogen (secondary N) is 2. The van der Waals surface area contributed by atoms with Crippen LogP contribution in [0.4, 0.5) is 11.4 Å². The highest BCUT2D eigenvalue weighted by Crippen LogP contribution is 2.31. The van der Waals surface area contributed by atoms with Gasteiger partial charge in [0.2, 0.25) is 11.8 Å². The van der Waals surface area contributed by atoms with E-state index < -0.39 is 0 Å². The summed E-state index contributed by atoms with van der Waals surface area (Å²) in [5.41, 5.74) is 6.36. The van der Waals surface area contributed by atoms with Crippen molar-refractivity contribution in [1.82, 2.24) is 0 Å². The van der Waals surface area contributed by atoms with Crippen molar-refractivity contribution in [2.24, 2.45) is 5.92 Å². The number of amides is 2. The Kier molecular flexibility index (Phi) is 4.97. The molecule has 27 heavy (non-hydrogen) atoms. The first-order valence-electron chi connectivity index (χ1n) is 9.90. The topological polar surface area (TPSA) is 58.2 Å². The van der Waals surface area contributed by atoms with Crippen LogP contribution in [-0.4, -0.2) is 11.8 Å². The molecular weight excluding hydrogens is 336 g/mol. The summed E-state index contributed by atoms with van der Waals surface area (Å²) in [6, 6.07) is 12.1. The van der Waals surface area contributed by atoms with Crippen LogP contribution in [0.3, 0.4) is 0 Å². The second-order valence-electron chi connectivity index (χ2n) is 7.83. The van der Waals surface area contributed by atoms with Crippen LogP contribution in [0.1, 0.15) is 47.9 Å². The Labute approximate surface area is 160 Å². The third kappa shape index (κ3) is 4.38. The van der Waals surface area contributed by atoms with Crippen LogP contribution < -0.4 is 10.6 Å². The lowest BCUT2D eigenvalue weighted by atomic mass is 9.90. The minimum atomic E-state index is -0.0282. The van der Waals surface area contributed by atoms with Gasteiger partial charge in [0, 0.05) is 17.3 Å². The zero-order valence-electron chi connectivity index (χ0n) is 15.8. The quantitative estimate of drug-likeness (QED) is 0.828. The van der Waals surface area contributed by atoms with Gasteiger partial charge in [-0.1, -0.05) is 24.3 Å². The molecule has 0 saturated heterocycles. The number of hydrogen-bond donors (Lipinski definition) is 2. The highest BCUT2D eigenvalue weighted by Gasteiger charge is 2.29. The highest BCUT2D eigenvalue weighted by atomic mass is 16.2. The van der Waals surface area contributed by atoms with Gasteiger partial charge in [0.1, 0.15) is 0 Å². The van der Waals surface area contributed by atoms with Gasteiger partial charge in [-0.15, -0.1) is 0 Å². The lowest BCUT2D eigenvalue weighted by Gasteiger charge is -2.16. The predicted octanol–water partition coefficient (Wildman–Crippen LogP) is 4.40. The fourth-order valence-electron chi connectivity index (χ4n) is 3.70. The molecule has 140 valence electrons.